The fraction of sp³-hybridized carbons (Fsp3) is 0.429. The molecule has 1 nitrogen and oxygen atoms in total. The van der Waals surface area contributed by atoms with E-state index in [0.717, 1.165) is 56.9 Å². The quantitative estimate of drug-likeness (QED) is 0.144. The van der Waals surface area contributed by atoms with E-state index in [9.17, 15) is 35.1 Å². The van der Waals surface area contributed by atoms with Gasteiger partial charge in [0.2, 0.25) is 5.75 Å². The molecule has 3 aromatic carbocycles. The third-order valence-electron chi connectivity index (χ3n) is 8.37. The zero-order chi connectivity index (χ0) is 31.9. The largest absolute Gasteiger partial charge is 0.573 e. The number of unbranched alkanes of at least 4 members (excludes halogenated alkanes) is 3. The second-order valence-electron chi connectivity index (χ2n) is 11.5. The lowest BCUT2D eigenvalue weighted by Gasteiger charge is -2.29. The Hall–Kier alpha value is -3.36. The number of rotatable bonds is 12. The highest BCUT2D eigenvalue weighted by Crippen LogP contribution is 2.39. The lowest BCUT2D eigenvalue weighted by Crippen LogP contribution is -2.19. The van der Waals surface area contributed by atoms with Gasteiger partial charge in [-0.2, -0.15) is 0 Å². The molecule has 0 saturated heterocycles. The minimum atomic E-state index is -5.27. The maximum Gasteiger partial charge on any atom is 0.573 e. The van der Waals surface area contributed by atoms with E-state index in [1.165, 1.54) is 12.1 Å². The Balaban J connectivity index is 1.28. The lowest BCUT2D eigenvalue weighted by molar-refractivity contribution is -0.276. The molecule has 0 amide bonds. The van der Waals surface area contributed by atoms with Crippen LogP contribution in [0.3, 0.4) is 0 Å². The summed E-state index contributed by atoms with van der Waals surface area (Å²) in [5.41, 5.74) is 1.69. The molecule has 0 atom stereocenters. The molecule has 1 fully saturated rings. The average molecular weight is 625 g/mol. The maximum absolute atomic E-state index is 14.9. The van der Waals surface area contributed by atoms with Crippen LogP contribution in [0.2, 0.25) is 0 Å². The fourth-order valence-electron chi connectivity index (χ4n) is 5.91. The fourth-order valence-corrected chi connectivity index (χ4v) is 5.91. The van der Waals surface area contributed by atoms with Gasteiger partial charge in [0.05, 0.1) is 0 Å². The zero-order valence-electron chi connectivity index (χ0n) is 24.6. The summed E-state index contributed by atoms with van der Waals surface area (Å²) in [5.74, 6) is -6.21. The zero-order valence-corrected chi connectivity index (χ0v) is 24.6. The summed E-state index contributed by atoms with van der Waals surface area (Å²) in [5, 5.41) is 0. The number of ether oxygens (including phenoxy) is 1. The Morgan fingerprint density at radius 1 is 0.795 bits per heavy atom. The summed E-state index contributed by atoms with van der Waals surface area (Å²) in [4.78, 5) is 0. The van der Waals surface area contributed by atoms with Crippen LogP contribution in [0, 0.1) is 23.4 Å². The molecule has 0 spiro atoms. The van der Waals surface area contributed by atoms with Gasteiger partial charge in [0, 0.05) is 17.5 Å². The molecule has 0 radical (unpaired) electrons. The van der Waals surface area contributed by atoms with Crippen molar-refractivity contribution in [3.63, 3.8) is 0 Å². The molecule has 0 unspecified atom stereocenters. The Kier molecular flexibility index (Phi) is 11.5. The van der Waals surface area contributed by atoms with Crippen LogP contribution in [-0.2, 0) is 6.42 Å². The number of aryl methyl sites for hydroxylation is 1. The smallest absolute Gasteiger partial charge is 0.399 e. The second kappa shape index (κ2) is 15.1. The normalized spacial score (nSPS) is 17.8. The summed E-state index contributed by atoms with van der Waals surface area (Å²) < 4.78 is 112. The Morgan fingerprint density at radius 2 is 1.45 bits per heavy atom. The number of benzene rings is 3. The number of hydrogen-bond donors (Lipinski definition) is 0. The van der Waals surface area contributed by atoms with Crippen LogP contribution in [0.15, 0.2) is 60.4 Å². The molecule has 0 N–H and O–H groups in total. The van der Waals surface area contributed by atoms with Crippen molar-refractivity contribution in [3.8, 4) is 16.9 Å². The third kappa shape index (κ3) is 9.08. The predicted molar refractivity (Wildman–Crippen MR) is 156 cm³/mol. The average Bonchev–Trinajstić information content (AvgIpc) is 2.99. The highest BCUT2D eigenvalue weighted by Gasteiger charge is 2.34. The van der Waals surface area contributed by atoms with E-state index < -0.39 is 41.2 Å². The molecule has 3 aromatic rings. The van der Waals surface area contributed by atoms with Crippen molar-refractivity contribution in [1.29, 1.82) is 0 Å². The van der Waals surface area contributed by atoms with E-state index in [2.05, 4.69) is 11.7 Å². The molecule has 1 aliphatic carbocycles. The van der Waals surface area contributed by atoms with Crippen molar-refractivity contribution in [2.45, 2.75) is 89.8 Å². The van der Waals surface area contributed by atoms with Gasteiger partial charge < -0.3 is 4.74 Å². The molecular formula is C35H36F8O. The molecule has 4 rings (SSSR count). The first-order valence-electron chi connectivity index (χ1n) is 15.1. The summed E-state index contributed by atoms with van der Waals surface area (Å²) in [6, 6.07) is 12.5. The molecule has 0 aliphatic heterocycles. The van der Waals surface area contributed by atoms with Gasteiger partial charge in [-0.25, -0.2) is 22.0 Å². The van der Waals surface area contributed by atoms with Crippen LogP contribution >= 0.6 is 0 Å². The lowest BCUT2D eigenvalue weighted by atomic mass is 9.77. The molecular weight excluding hydrogens is 588 g/mol. The van der Waals surface area contributed by atoms with E-state index in [0.29, 0.717) is 42.4 Å². The van der Waals surface area contributed by atoms with Crippen molar-refractivity contribution < 1.29 is 39.9 Å². The molecule has 9 heteroatoms. The Labute approximate surface area is 252 Å². The van der Waals surface area contributed by atoms with E-state index in [1.54, 1.807) is 18.2 Å². The molecule has 1 aliphatic rings. The van der Waals surface area contributed by atoms with Gasteiger partial charge in [-0.1, -0.05) is 62.6 Å². The van der Waals surface area contributed by atoms with Crippen molar-refractivity contribution in [2.24, 2.45) is 5.92 Å². The standard InChI is InChI=1S/C35H36F8O/c1-2-3-4-5-6-29(36)33(40)26-16-14-25(15-17-26)24-12-9-22(10-13-24)7-8-23-11-18-28(30(37)19-23)27-20-31(38)34(32(39)21-27)44-35(41,42)43/h11,14-22,24H,2-10,12-13H2,1H3. The SMILES string of the molecule is CCCCCCC(F)=C(F)c1ccc(C2CCC(CCc3ccc(-c4cc(F)c(OC(F)(F)F)c(F)c4)c(F)c3)CC2)cc1. The van der Waals surface area contributed by atoms with E-state index in [4.69, 9.17) is 0 Å². The van der Waals surface area contributed by atoms with E-state index >= 15 is 0 Å². The number of allylic oxidation sites excluding steroid dienone is 1. The minimum Gasteiger partial charge on any atom is -0.399 e. The molecule has 238 valence electrons. The highest BCUT2D eigenvalue weighted by molar-refractivity contribution is 5.66. The van der Waals surface area contributed by atoms with Crippen LogP contribution in [0.4, 0.5) is 35.1 Å². The molecule has 0 bridgehead atoms. The van der Waals surface area contributed by atoms with Crippen molar-refractivity contribution in [2.75, 3.05) is 0 Å². The molecule has 0 heterocycles. The second-order valence-corrected chi connectivity index (χ2v) is 11.5. The number of hydrogen-bond acceptors (Lipinski definition) is 1. The van der Waals surface area contributed by atoms with Crippen molar-refractivity contribution >= 4 is 5.83 Å². The maximum atomic E-state index is 14.9. The number of halogens is 8. The topological polar surface area (TPSA) is 9.23 Å². The first-order valence-corrected chi connectivity index (χ1v) is 15.1. The van der Waals surface area contributed by atoms with Gasteiger partial charge in [0.1, 0.15) is 11.6 Å². The van der Waals surface area contributed by atoms with Gasteiger partial charge in [-0.05, 0) is 91.7 Å². The summed E-state index contributed by atoms with van der Waals surface area (Å²) in [6.07, 6.45) is 3.68. The van der Waals surface area contributed by atoms with Crippen LogP contribution in [0.1, 0.15) is 93.7 Å². The predicted octanol–water partition coefficient (Wildman–Crippen LogP) is 12.2. The van der Waals surface area contributed by atoms with Crippen molar-refractivity contribution in [1.82, 2.24) is 0 Å². The van der Waals surface area contributed by atoms with Crippen LogP contribution in [-0.4, -0.2) is 6.36 Å². The van der Waals surface area contributed by atoms with Gasteiger partial charge in [-0.15, -0.1) is 13.2 Å². The van der Waals surface area contributed by atoms with Gasteiger partial charge in [-0.3, -0.25) is 0 Å². The van der Waals surface area contributed by atoms with Crippen LogP contribution in [0.5, 0.6) is 5.75 Å². The molecule has 1 saturated carbocycles. The minimum absolute atomic E-state index is 0.117. The van der Waals surface area contributed by atoms with Gasteiger partial charge in [0.25, 0.3) is 0 Å². The number of alkyl halides is 3. The monoisotopic (exact) mass is 624 g/mol. The van der Waals surface area contributed by atoms with Crippen LogP contribution in [0.25, 0.3) is 17.0 Å². The highest BCUT2D eigenvalue weighted by atomic mass is 19.4. The van der Waals surface area contributed by atoms with E-state index in [1.807, 2.05) is 12.1 Å². The van der Waals surface area contributed by atoms with Crippen molar-refractivity contribution in [3.05, 3.63) is 94.6 Å². The molecule has 0 aromatic heterocycles. The van der Waals surface area contributed by atoms with Gasteiger partial charge in [0.15, 0.2) is 17.5 Å². The van der Waals surface area contributed by atoms with E-state index in [-0.39, 0.29) is 23.1 Å². The summed E-state index contributed by atoms with van der Waals surface area (Å²) >= 11 is 0. The van der Waals surface area contributed by atoms with Gasteiger partial charge >= 0.3 is 6.36 Å². The Bertz CT molecular complexity index is 1400. The Morgan fingerprint density at radius 3 is 2.05 bits per heavy atom. The summed E-state index contributed by atoms with van der Waals surface area (Å²) in [6.45, 7) is 2.07. The van der Waals surface area contributed by atoms with Crippen LogP contribution < -0.4 is 4.74 Å². The molecule has 44 heavy (non-hydrogen) atoms. The first kappa shape index (κ1) is 33.5. The third-order valence-corrected chi connectivity index (χ3v) is 8.37. The summed E-state index contributed by atoms with van der Waals surface area (Å²) in [7, 11) is 0. The first-order chi connectivity index (χ1) is 20.9.